The highest BCUT2D eigenvalue weighted by atomic mass is 35.5. The van der Waals surface area contributed by atoms with Gasteiger partial charge in [0.1, 0.15) is 5.01 Å². The molecule has 2 aromatic heterocycles. The molecule has 6 heteroatoms. The van der Waals surface area contributed by atoms with Crippen LogP contribution in [-0.4, -0.2) is 15.9 Å². The van der Waals surface area contributed by atoms with Crippen molar-refractivity contribution >= 4 is 44.7 Å². The van der Waals surface area contributed by atoms with Gasteiger partial charge in [-0.2, -0.15) is 0 Å². The highest BCUT2D eigenvalue weighted by Gasteiger charge is 2.33. The molecule has 1 N–H and O–H groups in total. The molecule has 0 fully saturated rings. The molecule has 1 aliphatic carbocycles. The molecule has 168 valence electrons. The fraction of sp³-hybridized carbons (Fsp3) is 0.296. The van der Waals surface area contributed by atoms with Crippen molar-refractivity contribution in [2.24, 2.45) is 5.92 Å². The van der Waals surface area contributed by atoms with Gasteiger partial charge in [-0.25, -0.2) is 4.98 Å². The Morgan fingerprint density at radius 2 is 1.94 bits per heavy atom. The summed E-state index contributed by atoms with van der Waals surface area (Å²) in [6.07, 6.45) is 2.04. The number of carbonyl (C=O) groups excluding carboxylic acids is 1. The Kier molecular flexibility index (Phi) is 5.94. The summed E-state index contributed by atoms with van der Waals surface area (Å²) >= 11 is 8.11. The van der Waals surface area contributed by atoms with Crippen LogP contribution >= 0.6 is 22.9 Å². The standard InChI is InChI=1S/C27H26ClN3OS/c1-15-8-11-20(25-19(15)12-9-16(2)29-25)17(3)26(32)30-18-10-13-22(28)21(14-18)27-31-23-6-4-5-7-24(23)33-27/h4-7,9-10,12-15,17,20H,8,11H2,1-3H3,(H,30,32)/t15-,17-,20+/m1/s1. The molecule has 1 aliphatic rings. The number of aromatic nitrogens is 2. The molecule has 2 aromatic carbocycles. The quantitative estimate of drug-likeness (QED) is 0.331. The summed E-state index contributed by atoms with van der Waals surface area (Å²) in [7, 11) is 0. The predicted octanol–water partition coefficient (Wildman–Crippen LogP) is 7.58. The van der Waals surface area contributed by atoms with Crippen molar-refractivity contribution in [1.82, 2.24) is 9.97 Å². The second-order valence-corrected chi connectivity index (χ2v) is 10.4. The molecule has 4 nitrogen and oxygen atoms in total. The minimum absolute atomic E-state index is 0.00128. The lowest BCUT2D eigenvalue weighted by Crippen LogP contribution is -2.29. The molecule has 0 radical (unpaired) electrons. The van der Waals surface area contributed by atoms with Gasteiger partial charge in [-0.05, 0) is 67.6 Å². The van der Waals surface area contributed by atoms with E-state index in [1.54, 1.807) is 11.3 Å². The third-order valence-electron chi connectivity index (χ3n) is 6.66. The van der Waals surface area contributed by atoms with E-state index >= 15 is 0 Å². The van der Waals surface area contributed by atoms with Gasteiger partial charge in [0.05, 0.1) is 15.2 Å². The molecule has 0 saturated heterocycles. The fourth-order valence-electron chi connectivity index (χ4n) is 4.70. The van der Waals surface area contributed by atoms with E-state index in [4.69, 9.17) is 21.6 Å². The first kappa shape index (κ1) is 22.1. The Bertz CT molecular complexity index is 1320. The highest BCUT2D eigenvalue weighted by molar-refractivity contribution is 7.21. The monoisotopic (exact) mass is 475 g/mol. The van der Waals surface area contributed by atoms with Crippen molar-refractivity contribution in [3.63, 3.8) is 0 Å². The number of fused-ring (bicyclic) bond motifs is 2. The van der Waals surface area contributed by atoms with Crippen LogP contribution < -0.4 is 5.32 Å². The van der Waals surface area contributed by atoms with Crippen LogP contribution in [0.1, 0.15) is 55.5 Å². The molecule has 4 aromatic rings. The van der Waals surface area contributed by atoms with Gasteiger partial charge in [0, 0.05) is 34.5 Å². The zero-order valence-electron chi connectivity index (χ0n) is 18.9. The largest absolute Gasteiger partial charge is 0.326 e. The second-order valence-electron chi connectivity index (χ2n) is 8.97. The van der Waals surface area contributed by atoms with Gasteiger partial charge >= 0.3 is 0 Å². The predicted molar refractivity (Wildman–Crippen MR) is 137 cm³/mol. The number of halogens is 1. The molecule has 0 saturated carbocycles. The van der Waals surface area contributed by atoms with Crippen molar-refractivity contribution in [2.75, 3.05) is 5.32 Å². The van der Waals surface area contributed by atoms with Crippen molar-refractivity contribution in [3.05, 3.63) is 76.6 Å². The third-order valence-corrected chi connectivity index (χ3v) is 8.06. The van der Waals surface area contributed by atoms with Crippen molar-refractivity contribution in [2.45, 2.75) is 45.4 Å². The average Bonchev–Trinajstić information content (AvgIpc) is 3.24. The zero-order valence-corrected chi connectivity index (χ0v) is 20.5. The number of hydrogen-bond acceptors (Lipinski definition) is 4. The van der Waals surface area contributed by atoms with E-state index in [2.05, 4.69) is 30.4 Å². The molecule has 0 spiro atoms. The first-order chi connectivity index (χ1) is 15.9. The fourth-order valence-corrected chi connectivity index (χ4v) is 5.96. The van der Waals surface area contributed by atoms with Crippen molar-refractivity contribution in [3.8, 4) is 10.6 Å². The van der Waals surface area contributed by atoms with Gasteiger partial charge < -0.3 is 5.32 Å². The number of pyridine rings is 1. The Hall–Kier alpha value is -2.76. The SMILES string of the molecule is Cc1ccc2c(n1)[C@H]([C@@H](C)C(=O)Nc1ccc(Cl)c(-c3nc4ccccc4s3)c1)CC[C@H]2C. The third kappa shape index (κ3) is 4.28. The van der Waals surface area contributed by atoms with Crippen LogP contribution in [0.2, 0.25) is 5.02 Å². The molecule has 0 unspecified atom stereocenters. The molecule has 33 heavy (non-hydrogen) atoms. The number of anilines is 1. The normalized spacial score (nSPS) is 18.7. The lowest BCUT2D eigenvalue weighted by Gasteiger charge is -2.32. The Labute approximate surface area is 203 Å². The van der Waals surface area contributed by atoms with E-state index < -0.39 is 0 Å². The van der Waals surface area contributed by atoms with Crippen LogP contribution in [0.5, 0.6) is 0 Å². The van der Waals surface area contributed by atoms with Gasteiger partial charge in [-0.1, -0.05) is 43.6 Å². The summed E-state index contributed by atoms with van der Waals surface area (Å²) in [6, 6.07) is 17.9. The molecule has 5 rings (SSSR count). The summed E-state index contributed by atoms with van der Waals surface area (Å²) in [5.41, 5.74) is 5.87. The summed E-state index contributed by atoms with van der Waals surface area (Å²) in [5.74, 6) is 0.410. The molecule has 2 heterocycles. The van der Waals surface area contributed by atoms with Gasteiger partial charge in [0.25, 0.3) is 0 Å². The lowest BCUT2D eigenvalue weighted by atomic mass is 9.75. The van der Waals surface area contributed by atoms with Gasteiger partial charge in [-0.15, -0.1) is 11.3 Å². The number of thiazole rings is 1. The van der Waals surface area contributed by atoms with Crippen molar-refractivity contribution in [1.29, 1.82) is 0 Å². The first-order valence-corrected chi connectivity index (χ1v) is 12.5. The molecular formula is C27H26ClN3OS. The maximum atomic E-state index is 13.3. The summed E-state index contributed by atoms with van der Waals surface area (Å²) < 4.78 is 1.11. The maximum Gasteiger partial charge on any atom is 0.227 e. The lowest BCUT2D eigenvalue weighted by molar-refractivity contribution is -0.120. The van der Waals surface area contributed by atoms with Crippen LogP contribution in [0.3, 0.4) is 0 Å². The number of nitrogens with zero attached hydrogens (tertiary/aromatic N) is 2. The van der Waals surface area contributed by atoms with E-state index in [0.29, 0.717) is 10.9 Å². The molecule has 3 atom stereocenters. The van der Waals surface area contributed by atoms with E-state index in [-0.39, 0.29) is 17.7 Å². The minimum atomic E-state index is -0.188. The van der Waals surface area contributed by atoms with Crippen LogP contribution in [0.15, 0.2) is 54.6 Å². The number of para-hydroxylation sites is 1. The minimum Gasteiger partial charge on any atom is -0.326 e. The van der Waals surface area contributed by atoms with Crippen LogP contribution in [-0.2, 0) is 4.79 Å². The topological polar surface area (TPSA) is 54.9 Å². The molecule has 1 amide bonds. The smallest absolute Gasteiger partial charge is 0.227 e. The second kappa shape index (κ2) is 8.88. The number of hydrogen-bond donors (Lipinski definition) is 1. The van der Waals surface area contributed by atoms with Gasteiger partial charge in [-0.3, -0.25) is 9.78 Å². The van der Waals surface area contributed by atoms with Crippen LogP contribution in [0.25, 0.3) is 20.8 Å². The van der Waals surface area contributed by atoms with E-state index in [1.165, 1.54) is 5.56 Å². The first-order valence-electron chi connectivity index (χ1n) is 11.3. The van der Waals surface area contributed by atoms with E-state index in [1.807, 2.05) is 50.2 Å². The number of carbonyl (C=O) groups is 1. The number of aryl methyl sites for hydroxylation is 1. The van der Waals surface area contributed by atoms with Gasteiger partial charge in [0.15, 0.2) is 0 Å². The summed E-state index contributed by atoms with van der Waals surface area (Å²) in [6.45, 7) is 6.26. The molecule has 0 bridgehead atoms. The number of nitrogens with one attached hydrogen (secondary N) is 1. The zero-order chi connectivity index (χ0) is 23.1. The van der Waals surface area contributed by atoms with Gasteiger partial charge in [0.2, 0.25) is 5.91 Å². The van der Waals surface area contributed by atoms with Crippen LogP contribution in [0.4, 0.5) is 5.69 Å². The average molecular weight is 476 g/mol. The van der Waals surface area contributed by atoms with Crippen molar-refractivity contribution < 1.29 is 4.79 Å². The number of rotatable bonds is 4. The Morgan fingerprint density at radius 1 is 1.12 bits per heavy atom. The molecule has 0 aliphatic heterocycles. The summed E-state index contributed by atoms with van der Waals surface area (Å²) in [5, 5.41) is 4.59. The highest BCUT2D eigenvalue weighted by Crippen LogP contribution is 2.42. The van der Waals surface area contributed by atoms with E-state index in [0.717, 1.165) is 50.7 Å². The molecular weight excluding hydrogens is 450 g/mol. The van der Waals surface area contributed by atoms with E-state index in [9.17, 15) is 4.79 Å². The number of amides is 1. The summed E-state index contributed by atoms with van der Waals surface area (Å²) in [4.78, 5) is 22.8. The maximum absolute atomic E-state index is 13.3. The Morgan fingerprint density at radius 3 is 2.76 bits per heavy atom. The number of benzene rings is 2. The van der Waals surface area contributed by atoms with Crippen LogP contribution in [0, 0.1) is 12.8 Å². The Balaban J connectivity index is 1.40.